The van der Waals surface area contributed by atoms with E-state index in [0.717, 1.165) is 18.7 Å². The van der Waals surface area contributed by atoms with Gasteiger partial charge in [0.25, 0.3) is 0 Å². The van der Waals surface area contributed by atoms with Gasteiger partial charge >= 0.3 is 0 Å². The first-order chi connectivity index (χ1) is 7.20. The molecule has 2 N–H and O–H groups in total. The fraction of sp³-hybridized carbons (Fsp3) is 0.750. The highest BCUT2D eigenvalue weighted by Crippen LogP contribution is 2.18. The van der Waals surface area contributed by atoms with Crippen LogP contribution in [0.1, 0.15) is 50.8 Å². The average molecular weight is 209 g/mol. The van der Waals surface area contributed by atoms with E-state index in [2.05, 4.69) is 18.9 Å². The zero-order valence-electron chi connectivity index (χ0n) is 10.2. The Morgan fingerprint density at radius 3 is 2.53 bits per heavy atom. The molecule has 0 amide bonds. The lowest BCUT2D eigenvalue weighted by molar-refractivity contribution is 0.649. The van der Waals surface area contributed by atoms with Gasteiger partial charge in [-0.2, -0.15) is 5.10 Å². The molecule has 0 aromatic carbocycles. The summed E-state index contributed by atoms with van der Waals surface area (Å²) in [5.74, 6) is 0.836. The summed E-state index contributed by atoms with van der Waals surface area (Å²) in [6.07, 6.45) is 7.21. The minimum atomic E-state index is 0.836. The quantitative estimate of drug-likeness (QED) is 0.732. The Bertz CT molecular complexity index is 302. The van der Waals surface area contributed by atoms with Gasteiger partial charge < -0.3 is 5.73 Å². The molecule has 1 heterocycles. The van der Waals surface area contributed by atoms with Crippen molar-refractivity contribution in [3.8, 4) is 0 Å². The monoisotopic (exact) mass is 209 g/mol. The second kappa shape index (κ2) is 5.79. The van der Waals surface area contributed by atoms with Crippen molar-refractivity contribution in [2.24, 2.45) is 7.05 Å². The third kappa shape index (κ3) is 2.98. The van der Waals surface area contributed by atoms with Crippen molar-refractivity contribution < 1.29 is 0 Å². The van der Waals surface area contributed by atoms with E-state index in [4.69, 9.17) is 5.73 Å². The van der Waals surface area contributed by atoms with Crippen LogP contribution < -0.4 is 5.73 Å². The number of aromatic nitrogens is 2. The van der Waals surface area contributed by atoms with Crippen LogP contribution in [0.25, 0.3) is 0 Å². The van der Waals surface area contributed by atoms with Crippen LogP contribution in [0.3, 0.4) is 0 Å². The first-order valence-electron chi connectivity index (χ1n) is 6.00. The third-order valence-electron chi connectivity index (χ3n) is 2.90. The van der Waals surface area contributed by atoms with Gasteiger partial charge in [-0.25, -0.2) is 0 Å². The lowest BCUT2D eigenvalue weighted by atomic mass is 10.1. The van der Waals surface area contributed by atoms with E-state index in [1.807, 2.05) is 7.05 Å². The Kier molecular flexibility index (Phi) is 4.66. The van der Waals surface area contributed by atoms with Crippen molar-refractivity contribution in [3.63, 3.8) is 0 Å². The molecule has 86 valence electrons. The zero-order valence-corrected chi connectivity index (χ0v) is 10.2. The second-order valence-electron chi connectivity index (χ2n) is 4.10. The molecule has 1 aromatic rings. The van der Waals surface area contributed by atoms with Crippen molar-refractivity contribution in [3.05, 3.63) is 11.3 Å². The van der Waals surface area contributed by atoms with Crippen LogP contribution in [0.5, 0.6) is 0 Å². The van der Waals surface area contributed by atoms with Gasteiger partial charge in [0.2, 0.25) is 0 Å². The van der Waals surface area contributed by atoms with E-state index in [1.165, 1.54) is 36.9 Å². The maximum absolute atomic E-state index is 5.94. The Balaban J connectivity index is 2.56. The fourth-order valence-corrected chi connectivity index (χ4v) is 1.94. The van der Waals surface area contributed by atoms with E-state index in [-0.39, 0.29) is 0 Å². The molecule has 0 aliphatic heterocycles. The molecule has 0 bridgehead atoms. The van der Waals surface area contributed by atoms with E-state index in [9.17, 15) is 0 Å². The van der Waals surface area contributed by atoms with Gasteiger partial charge in [-0.3, -0.25) is 4.68 Å². The number of unbranched alkanes of at least 4 members (excludes halogenated alkanes) is 3. The number of aryl methyl sites for hydroxylation is 2. The number of nitrogens with zero attached hydrogens (tertiary/aromatic N) is 2. The molecule has 1 rings (SSSR count). The number of nitrogen functional groups attached to an aromatic ring is 1. The summed E-state index contributed by atoms with van der Waals surface area (Å²) in [5.41, 5.74) is 8.39. The van der Waals surface area contributed by atoms with Crippen LogP contribution in [0.4, 0.5) is 5.82 Å². The van der Waals surface area contributed by atoms with Crippen LogP contribution in [0.15, 0.2) is 0 Å². The number of hydrogen-bond acceptors (Lipinski definition) is 2. The molecule has 0 spiro atoms. The van der Waals surface area contributed by atoms with Crippen LogP contribution in [-0.2, 0) is 19.9 Å². The standard InChI is InChI=1S/C12H23N3/c1-4-6-7-8-9-11-10(5-2)12(13)15(3)14-11/h4-9,13H2,1-3H3. The Labute approximate surface area is 92.7 Å². The molecule has 0 atom stereocenters. The molecular formula is C12H23N3. The predicted octanol–water partition coefficient (Wildman–Crippen LogP) is 2.69. The summed E-state index contributed by atoms with van der Waals surface area (Å²) in [6, 6.07) is 0. The Morgan fingerprint density at radius 1 is 1.20 bits per heavy atom. The van der Waals surface area contributed by atoms with E-state index < -0.39 is 0 Å². The van der Waals surface area contributed by atoms with Gasteiger partial charge in [-0.1, -0.05) is 33.1 Å². The molecule has 0 saturated carbocycles. The van der Waals surface area contributed by atoms with Crippen LogP contribution >= 0.6 is 0 Å². The van der Waals surface area contributed by atoms with Gasteiger partial charge in [0.1, 0.15) is 5.82 Å². The number of rotatable bonds is 6. The van der Waals surface area contributed by atoms with E-state index in [1.54, 1.807) is 4.68 Å². The van der Waals surface area contributed by atoms with Crippen molar-refractivity contribution in [1.29, 1.82) is 0 Å². The topological polar surface area (TPSA) is 43.8 Å². The van der Waals surface area contributed by atoms with Crippen LogP contribution in [0.2, 0.25) is 0 Å². The molecule has 0 fully saturated rings. The predicted molar refractivity (Wildman–Crippen MR) is 64.8 cm³/mol. The molecule has 3 heteroatoms. The minimum absolute atomic E-state index is 0.836. The Morgan fingerprint density at radius 2 is 1.93 bits per heavy atom. The van der Waals surface area contributed by atoms with Crippen molar-refractivity contribution in [2.45, 2.75) is 52.4 Å². The van der Waals surface area contributed by atoms with Crippen molar-refractivity contribution in [1.82, 2.24) is 9.78 Å². The first-order valence-corrected chi connectivity index (χ1v) is 6.00. The van der Waals surface area contributed by atoms with Gasteiger partial charge in [0, 0.05) is 12.6 Å². The zero-order chi connectivity index (χ0) is 11.3. The highest BCUT2D eigenvalue weighted by molar-refractivity contribution is 5.43. The lowest BCUT2D eigenvalue weighted by Gasteiger charge is -2.00. The van der Waals surface area contributed by atoms with Gasteiger partial charge in [-0.05, 0) is 19.3 Å². The molecule has 0 aliphatic rings. The summed E-state index contributed by atoms with van der Waals surface area (Å²) in [6.45, 7) is 4.37. The molecule has 0 aliphatic carbocycles. The maximum atomic E-state index is 5.94. The molecule has 1 aromatic heterocycles. The molecule has 3 nitrogen and oxygen atoms in total. The second-order valence-corrected chi connectivity index (χ2v) is 4.10. The lowest BCUT2D eigenvalue weighted by Crippen LogP contribution is -1.98. The number of anilines is 1. The van der Waals surface area contributed by atoms with Crippen LogP contribution in [0, 0.1) is 0 Å². The highest BCUT2D eigenvalue weighted by Gasteiger charge is 2.10. The average Bonchev–Trinajstić information content (AvgIpc) is 2.50. The van der Waals surface area contributed by atoms with Gasteiger partial charge in [0.05, 0.1) is 5.69 Å². The largest absolute Gasteiger partial charge is 0.384 e. The molecular weight excluding hydrogens is 186 g/mol. The summed E-state index contributed by atoms with van der Waals surface area (Å²) in [7, 11) is 1.92. The first kappa shape index (κ1) is 12.1. The third-order valence-corrected chi connectivity index (χ3v) is 2.90. The number of hydrogen-bond donors (Lipinski definition) is 1. The van der Waals surface area contributed by atoms with Crippen LogP contribution in [-0.4, -0.2) is 9.78 Å². The normalized spacial score (nSPS) is 10.9. The molecule has 0 unspecified atom stereocenters. The van der Waals surface area contributed by atoms with Gasteiger partial charge in [0.15, 0.2) is 0 Å². The van der Waals surface area contributed by atoms with Gasteiger partial charge in [-0.15, -0.1) is 0 Å². The van der Waals surface area contributed by atoms with Crippen molar-refractivity contribution in [2.75, 3.05) is 5.73 Å². The summed E-state index contributed by atoms with van der Waals surface area (Å²) in [4.78, 5) is 0. The van der Waals surface area contributed by atoms with Crippen molar-refractivity contribution >= 4 is 5.82 Å². The maximum Gasteiger partial charge on any atom is 0.124 e. The molecule has 0 saturated heterocycles. The van der Waals surface area contributed by atoms with E-state index in [0.29, 0.717) is 0 Å². The Hall–Kier alpha value is -0.990. The van der Waals surface area contributed by atoms with E-state index >= 15 is 0 Å². The molecule has 15 heavy (non-hydrogen) atoms. The SMILES string of the molecule is CCCCCCc1nn(C)c(N)c1CC. The fourth-order valence-electron chi connectivity index (χ4n) is 1.94. The number of nitrogens with two attached hydrogens (primary N) is 1. The summed E-state index contributed by atoms with van der Waals surface area (Å²) in [5, 5.41) is 4.47. The highest BCUT2D eigenvalue weighted by atomic mass is 15.3. The summed E-state index contributed by atoms with van der Waals surface area (Å²) >= 11 is 0. The molecule has 0 radical (unpaired) electrons. The minimum Gasteiger partial charge on any atom is -0.384 e. The summed E-state index contributed by atoms with van der Waals surface area (Å²) < 4.78 is 1.80. The smallest absolute Gasteiger partial charge is 0.124 e.